The third-order valence-corrected chi connectivity index (χ3v) is 4.27. The Morgan fingerprint density at radius 2 is 2.15 bits per heavy atom. The topological polar surface area (TPSA) is 51.6 Å². The van der Waals surface area contributed by atoms with Gasteiger partial charge in [0.15, 0.2) is 0 Å². The molecule has 4 heteroatoms. The highest BCUT2D eigenvalue weighted by molar-refractivity contribution is 5.13. The van der Waals surface area contributed by atoms with Gasteiger partial charge >= 0.3 is 0 Å². The van der Waals surface area contributed by atoms with Crippen molar-refractivity contribution in [1.29, 1.82) is 0 Å². The van der Waals surface area contributed by atoms with Crippen LogP contribution in [0.15, 0.2) is 16.5 Å². The van der Waals surface area contributed by atoms with Crippen LogP contribution in [0.5, 0.6) is 0 Å². The van der Waals surface area contributed by atoms with Crippen molar-refractivity contribution < 1.29 is 9.15 Å². The first-order chi connectivity index (χ1) is 9.56. The van der Waals surface area contributed by atoms with E-state index in [4.69, 9.17) is 14.9 Å². The van der Waals surface area contributed by atoms with Crippen LogP contribution < -0.4 is 5.73 Å². The lowest BCUT2D eigenvalue weighted by atomic mass is 9.98. The van der Waals surface area contributed by atoms with Crippen molar-refractivity contribution in [3.8, 4) is 0 Å². The van der Waals surface area contributed by atoms with Gasteiger partial charge in [0.1, 0.15) is 11.5 Å². The molecule has 2 N–H and O–H groups in total. The van der Waals surface area contributed by atoms with Crippen LogP contribution in [-0.2, 0) is 4.74 Å². The zero-order chi connectivity index (χ0) is 14.7. The largest absolute Gasteiger partial charge is 0.465 e. The molecule has 0 amide bonds. The average molecular weight is 280 g/mol. The summed E-state index contributed by atoms with van der Waals surface area (Å²) in [5.74, 6) is 1.94. The van der Waals surface area contributed by atoms with E-state index < -0.39 is 0 Å². The van der Waals surface area contributed by atoms with E-state index >= 15 is 0 Å². The molecule has 4 nitrogen and oxygen atoms in total. The number of furan rings is 1. The van der Waals surface area contributed by atoms with Crippen molar-refractivity contribution in [2.24, 2.45) is 5.73 Å². The summed E-state index contributed by atoms with van der Waals surface area (Å²) < 4.78 is 11.7. The second-order valence-electron chi connectivity index (χ2n) is 5.87. The molecule has 0 spiro atoms. The van der Waals surface area contributed by atoms with Crippen molar-refractivity contribution in [3.63, 3.8) is 0 Å². The number of morpholine rings is 1. The lowest BCUT2D eigenvalue weighted by Gasteiger charge is -2.44. The van der Waals surface area contributed by atoms with Crippen LogP contribution in [0.1, 0.15) is 51.2 Å². The van der Waals surface area contributed by atoms with E-state index in [1.807, 2.05) is 13.0 Å². The Morgan fingerprint density at radius 3 is 2.70 bits per heavy atom. The van der Waals surface area contributed by atoms with Crippen LogP contribution in [-0.4, -0.2) is 36.2 Å². The summed E-state index contributed by atoms with van der Waals surface area (Å²) in [5.41, 5.74) is 6.41. The van der Waals surface area contributed by atoms with E-state index in [-0.39, 0.29) is 18.2 Å². The monoisotopic (exact) mass is 280 g/mol. The molecule has 114 valence electrons. The summed E-state index contributed by atoms with van der Waals surface area (Å²) in [4.78, 5) is 2.49. The van der Waals surface area contributed by atoms with Crippen LogP contribution in [0.3, 0.4) is 0 Å². The molecule has 1 aliphatic heterocycles. The first kappa shape index (κ1) is 15.5. The van der Waals surface area contributed by atoms with Crippen molar-refractivity contribution >= 4 is 0 Å². The molecular weight excluding hydrogens is 252 g/mol. The summed E-state index contributed by atoms with van der Waals surface area (Å²) in [6, 6.07) is 4.74. The van der Waals surface area contributed by atoms with Gasteiger partial charge < -0.3 is 14.9 Å². The number of aryl methyl sites for hydroxylation is 1. The van der Waals surface area contributed by atoms with Crippen molar-refractivity contribution in [2.75, 3.05) is 13.2 Å². The van der Waals surface area contributed by atoms with Crippen LogP contribution in [0.2, 0.25) is 0 Å². The van der Waals surface area contributed by atoms with E-state index in [1.54, 1.807) is 0 Å². The zero-order valence-corrected chi connectivity index (χ0v) is 13.1. The molecule has 1 aromatic rings. The van der Waals surface area contributed by atoms with Crippen LogP contribution in [0.4, 0.5) is 0 Å². The fourth-order valence-corrected chi connectivity index (χ4v) is 3.02. The molecule has 0 saturated carbocycles. The van der Waals surface area contributed by atoms with Gasteiger partial charge in [-0.05, 0) is 38.8 Å². The maximum atomic E-state index is 6.41. The number of nitrogens with two attached hydrogens (primary N) is 1. The third-order valence-electron chi connectivity index (χ3n) is 4.27. The van der Waals surface area contributed by atoms with E-state index in [9.17, 15) is 0 Å². The van der Waals surface area contributed by atoms with Gasteiger partial charge in [-0.3, -0.25) is 4.90 Å². The predicted molar refractivity (Wildman–Crippen MR) is 80.7 cm³/mol. The molecule has 2 rings (SSSR count). The normalized spacial score (nSPS) is 27.4. The highest BCUT2D eigenvalue weighted by Crippen LogP contribution is 2.31. The molecule has 0 bridgehead atoms. The Morgan fingerprint density at radius 1 is 1.40 bits per heavy atom. The summed E-state index contributed by atoms with van der Waals surface area (Å²) in [5, 5.41) is 0. The molecule has 1 aromatic heterocycles. The molecule has 4 atom stereocenters. The number of ether oxygens (including phenoxy) is 1. The first-order valence-corrected chi connectivity index (χ1v) is 7.76. The fourth-order valence-electron chi connectivity index (χ4n) is 3.02. The number of hydrogen-bond acceptors (Lipinski definition) is 4. The highest BCUT2D eigenvalue weighted by atomic mass is 16.5. The summed E-state index contributed by atoms with van der Waals surface area (Å²) in [6.07, 6.45) is 2.26. The Bertz CT molecular complexity index is 418. The highest BCUT2D eigenvalue weighted by Gasteiger charge is 2.36. The molecule has 0 aliphatic carbocycles. The zero-order valence-electron chi connectivity index (χ0n) is 13.1. The lowest BCUT2D eigenvalue weighted by molar-refractivity contribution is -0.0803. The lowest BCUT2D eigenvalue weighted by Crippen LogP contribution is -2.53. The van der Waals surface area contributed by atoms with Gasteiger partial charge in [-0.2, -0.15) is 0 Å². The van der Waals surface area contributed by atoms with Gasteiger partial charge in [0.2, 0.25) is 0 Å². The minimum atomic E-state index is 0.0832. The maximum Gasteiger partial charge on any atom is 0.122 e. The maximum absolute atomic E-state index is 6.41. The molecule has 1 saturated heterocycles. The fraction of sp³-hybridized carbons (Fsp3) is 0.750. The number of hydrogen-bond donors (Lipinski definition) is 1. The van der Waals surface area contributed by atoms with Gasteiger partial charge in [0, 0.05) is 18.6 Å². The molecule has 2 heterocycles. The second kappa shape index (κ2) is 6.74. The molecule has 20 heavy (non-hydrogen) atoms. The SMILES string of the molecule is CCC(N)C(c1ccc(C)o1)N1CC(C)OCC1CC. The Hall–Kier alpha value is -0.840. The van der Waals surface area contributed by atoms with E-state index in [2.05, 4.69) is 31.7 Å². The minimum absolute atomic E-state index is 0.0832. The molecule has 1 aliphatic rings. The number of nitrogens with zero attached hydrogens (tertiary/aromatic N) is 1. The van der Waals surface area contributed by atoms with Gasteiger partial charge in [-0.15, -0.1) is 0 Å². The van der Waals surface area contributed by atoms with Crippen LogP contribution in [0, 0.1) is 6.92 Å². The molecule has 4 unspecified atom stereocenters. The average Bonchev–Trinajstić information content (AvgIpc) is 2.85. The summed E-state index contributed by atoms with van der Waals surface area (Å²) in [7, 11) is 0. The van der Waals surface area contributed by atoms with Crippen LogP contribution >= 0.6 is 0 Å². The van der Waals surface area contributed by atoms with Gasteiger partial charge in [-0.25, -0.2) is 0 Å². The number of rotatable bonds is 5. The second-order valence-corrected chi connectivity index (χ2v) is 5.87. The molecule has 0 aromatic carbocycles. The molecular formula is C16H28N2O2. The minimum Gasteiger partial charge on any atom is -0.465 e. The molecule has 0 radical (unpaired) electrons. The van der Waals surface area contributed by atoms with E-state index in [1.165, 1.54) is 0 Å². The van der Waals surface area contributed by atoms with Crippen LogP contribution in [0.25, 0.3) is 0 Å². The van der Waals surface area contributed by atoms with Crippen molar-refractivity contribution in [3.05, 3.63) is 23.7 Å². The summed E-state index contributed by atoms with van der Waals surface area (Å²) in [6.45, 7) is 10.1. The van der Waals surface area contributed by atoms with Gasteiger partial charge in [0.05, 0.1) is 18.8 Å². The van der Waals surface area contributed by atoms with Gasteiger partial charge in [0.25, 0.3) is 0 Å². The summed E-state index contributed by atoms with van der Waals surface area (Å²) >= 11 is 0. The predicted octanol–water partition coefficient (Wildman–Crippen LogP) is 2.87. The van der Waals surface area contributed by atoms with E-state index in [0.29, 0.717) is 6.04 Å². The van der Waals surface area contributed by atoms with E-state index in [0.717, 1.165) is 37.5 Å². The first-order valence-electron chi connectivity index (χ1n) is 7.76. The van der Waals surface area contributed by atoms with Gasteiger partial charge in [-0.1, -0.05) is 13.8 Å². The standard InChI is InChI=1S/C16H28N2O2/c1-5-13-10-19-12(4)9-18(13)16(14(17)6-2)15-8-7-11(3)20-15/h7-8,12-14,16H,5-6,9-10,17H2,1-4H3. The van der Waals surface area contributed by atoms with Crippen molar-refractivity contribution in [2.45, 2.75) is 64.8 Å². The smallest absolute Gasteiger partial charge is 0.122 e. The quantitative estimate of drug-likeness (QED) is 0.901. The molecule has 1 fully saturated rings. The van der Waals surface area contributed by atoms with Crippen molar-refractivity contribution in [1.82, 2.24) is 4.90 Å². The third kappa shape index (κ3) is 3.25. The Balaban J connectivity index is 2.29. The Kier molecular flexibility index (Phi) is 5.24. The Labute approximate surface area is 122 Å².